The van der Waals surface area contributed by atoms with E-state index in [-0.39, 0.29) is 6.61 Å². The summed E-state index contributed by atoms with van der Waals surface area (Å²) in [5, 5.41) is 2.57. The molecule has 0 heterocycles. The van der Waals surface area contributed by atoms with Gasteiger partial charge in [0.15, 0.2) is 18.1 Å². The third-order valence-corrected chi connectivity index (χ3v) is 3.40. The zero-order valence-corrected chi connectivity index (χ0v) is 13.6. The van der Waals surface area contributed by atoms with Crippen LogP contribution in [0, 0.1) is 6.92 Å². The first-order valence-electron chi connectivity index (χ1n) is 7.42. The van der Waals surface area contributed by atoms with Crippen LogP contribution in [0.1, 0.15) is 17.2 Å². The number of hydrogen-bond acceptors (Lipinski definition) is 4. The highest BCUT2D eigenvalue weighted by atomic mass is 16.5. The summed E-state index contributed by atoms with van der Waals surface area (Å²) in [5.74, 6) is -0.0985. The molecule has 0 spiro atoms. The van der Waals surface area contributed by atoms with Crippen LogP contribution in [0.25, 0.3) is 0 Å². The van der Waals surface area contributed by atoms with Crippen molar-refractivity contribution in [1.82, 2.24) is 5.32 Å². The summed E-state index contributed by atoms with van der Waals surface area (Å²) in [6.45, 7) is 1.67. The Labute approximate surface area is 140 Å². The van der Waals surface area contributed by atoms with Gasteiger partial charge in [0.25, 0.3) is 5.91 Å². The normalized spacial score (nSPS) is 11.4. The maximum Gasteiger partial charge on any atom is 0.258 e. The number of carbonyl (C=O) groups excluding carboxylic acids is 2. The number of nitrogens with two attached hydrogens (primary N) is 1. The van der Waals surface area contributed by atoms with Gasteiger partial charge in [0, 0.05) is 0 Å². The number of carbonyl (C=O) groups is 2. The molecule has 1 atom stereocenters. The summed E-state index contributed by atoms with van der Waals surface area (Å²) in [4.78, 5) is 23.7. The number of hydrogen-bond donors (Lipinski definition) is 2. The lowest BCUT2D eigenvalue weighted by Crippen LogP contribution is -2.39. The predicted molar refractivity (Wildman–Crippen MR) is 89.7 cm³/mol. The zero-order valence-electron chi connectivity index (χ0n) is 13.6. The zero-order chi connectivity index (χ0) is 17.5. The summed E-state index contributed by atoms with van der Waals surface area (Å²) < 4.78 is 10.7. The Balaban J connectivity index is 2.01. The molecule has 2 amide bonds. The van der Waals surface area contributed by atoms with E-state index in [1.165, 1.54) is 7.11 Å². The molecule has 1 unspecified atom stereocenters. The topological polar surface area (TPSA) is 90.7 Å². The minimum Gasteiger partial charge on any atom is -0.493 e. The smallest absolute Gasteiger partial charge is 0.258 e. The molecule has 0 aliphatic heterocycles. The first-order chi connectivity index (χ1) is 11.5. The van der Waals surface area contributed by atoms with Gasteiger partial charge in [-0.1, -0.05) is 36.4 Å². The van der Waals surface area contributed by atoms with Gasteiger partial charge in [0.1, 0.15) is 6.04 Å². The predicted octanol–water partition coefficient (Wildman–Crippen LogP) is 1.73. The van der Waals surface area contributed by atoms with Crippen LogP contribution in [-0.4, -0.2) is 25.5 Å². The molecule has 0 aliphatic carbocycles. The van der Waals surface area contributed by atoms with Gasteiger partial charge in [0.05, 0.1) is 7.11 Å². The highest BCUT2D eigenvalue weighted by molar-refractivity contribution is 5.88. The number of nitrogens with one attached hydrogen (secondary N) is 1. The molecule has 0 radical (unpaired) electrons. The molecule has 3 N–H and O–H groups in total. The number of benzene rings is 2. The number of rotatable bonds is 7. The van der Waals surface area contributed by atoms with Crippen LogP contribution in [0.2, 0.25) is 0 Å². The first kappa shape index (κ1) is 17.3. The van der Waals surface area contributed by atoms with Gasteiger partial charge in [-0.05, 0) is 30.2 Å². The lowest BCUT2D eigenvalue weighted by molar-refractivity contribution is -0.128. The molecule has 0 saturated carbocycles. The van der Waals surface area contributed by atoms with Gasteiger partial charge >= 0.3 is 0 Å². The average molecular weight is 328 g/mol. The SMILES string of the molecule is COc1cc(C)ccc1OCC(=O)NC(C(N)=O)c1ccccc1. The second-order valence-electron chi connectivity index (χ2n) is 5.26. The fraction of sp³-hybridized carbons (Fsp3) is 0.222. The van der Waals surface area contributed by atoms with Crippen molar-refractivity contribution in [3.63, 3.8) is 0 Å². The minimum atomic E-state index is -0.901. The summed E-state index contributed by atoms with van der Waals surface area (Å²) >= 11 is 0. The number of aryl methyl sites for hydroxylation is 1. The summed E-state index contributed by atoms with van der Waals surface area (Å²) in [6.07, 6.45) is 0. The largest absolute Gasteiger partial charge is 0.493 e. The van der Waals surface area contributed by atoms with Crippen molar-refractivity contribution in [3.8, 4) is 11.5 Å². The Morgan fingerprint density at radius 2 is 1.83 bits per heavy atom. The Morgan fingerprint density at radius 3 is 2.46 bits per heavy atom. The van der Waals surface area contributed by atoms with E-state index in [1.807, 2.05) is 25.1 Å². The van der Waals surface area contributed by atoms with Gasteiger partial charge in [-0.25, -0.2) is 0 Å². The monoisotopic (exact) mass is 328 g/mol. The van der Waals surface area contributed by atoms with Crippen LogP contribution in [0.15, 0.2) is 48.5 Å². The highest BCUT2D eigenvalue weighted by Gasteiger charge is 2.20. The van der Waals surface area contributed by atoms with Crippen LogP contribution in [0.4, 0.5) is 0 Å². The molecule has 2 aromatic rings. The third kappa shape index (κ3) is 4.49. The minimum absolute atomic E-state index is 0.254. The molecule has 0 fully saturated rings. The number of methoxy groups -OCH3 is 1. The molecule has 24 heavy (non-hydrogen) atoms. The molecular weight excluding hydrogens is 308 g/mol. The van der Waals surface area contributed by atoms with Crippen molar-refractivity contribution in [1.29, 1.82) is 0 Å². The second-order valence-corrected chi connectivity index (χ2v) is 5.26. The van der Waals surface area contributed by atoms with Crippen molar-refractivity contribution >= 4 is 11.8 Å². The van der Waals surface area contributed by atoms with Crippen LogP contribution < -0.4 is 20.5 Å². The molecule has 6 nitrogen and oxygen atoms in total. The van der Waals surface area contributed by atoms with Gasteiger partial charge in [-0.15, -0.1) is 0 Å². The molecule has 2 aromatic carbocycles. The summed E-state index contributed by atoms with van der Waals surface area (Å²) in [7, 11) is 1.53. The van der Waals surface area contributed by atoms with Crippen LogP contribution in [-0.2, 0) is 9.59 Å². The molecule has 6 heteroatoms. The van der Waals surface area contributed by atoms with Crippen LogP contribution in [0.3, 0.4) is 0 Å². The van der Waals surface area contributed by atoms with Gasteiger partial charge in [0.2, 0.25) is 5.91 Å². The van der Waals surface area contributed by atoms with Gasteiger partial charge in [-0.2, -0.15) is 0 Å². The summed E-state index contributed by atoms with van der Waals surface area (Å²) in [6, 6.07) is 13.3. The second kappa shape index (κ2) is 8.01. The van der Waals surface area contributed by atoms with Crippen molar-refractivity contribution in [2.45, 2.75) is 13.0 Å². The Hall–Kier alpha value is -3.02. The average Bonchev–Trinajstić information content (AvgIpc) is 2.59. The fourth-order valence-corrected chi connectivity index (χ4v) is 2.20. The third-order valence-electron chi connectivity index (χ3n) is 3.40. The molecule has 0 saturated heterocycles. The number of amides is 2. The molecule has 2 rings (SSSR count). The van der Waals surface area contributed by atoms with E-state index in [9.17, 15) is 9.59 Å². The van der Waals surface area contributed by atoms with Gasteiger partial charge < -0.3 is 20.5 Å². The quantitative estimate of drug-likeness (QED) is 0.810. The van der Waals surface area contributed by atoms with Crippen molar-refractivity contribution in [3.05, 3.63) is 59.7 Å². The lowest BCUT2D eigenvalue weighted by Gasteiger charge is -2.16. The van der Waals surface area contributed by atoms with E-state index in [2.05, 4.69) is 5.32 Å². The Bertz CT molecular complexity index is 716. The van der Waals surface area contributed by atoms with E-state index in [1.54, 1.807) is 30.3 Å². The fourth-order valence-electron chi connectivity index (χ4n) is 2.20. The Kier molecular flexibility index (Phi) is 5.78. The standard InChI is InChI=1S/C18H20N2O4/c1-12-8-9-14(15(10-12)23-2)24-11-16(21)20-17(18(19)22)13-6-4-3-5-7-13/h3-10,17H,11H2,1-2H3,(H2,19,22)(H,20,21). The van der Waals surface area contributed by atoms with E-state index in [0.717, 1.165) is 5.56 Å². The maximum atomic E-state index is 12.1. The van der Waals surface area contributed by atoms with Crippen LogP contribution in [0.5, 0.6) is 11.5 Å². The molecule has 0 aliphatic rings. The molecule has 0 bridgehead atoms. The molecule has 126 valence electrons. The highest BCUT2D eigenvalue weighted by Crippen LogP contribution is 2.27. The van der Waals surface area contributed by atoms with Gasteiger partial charge in [-0.3, -0.25) is 9.59 Å². The van der Waals surface area contributed by atoms with E-state index in [0.29, 0.717) is 17.1 Å². The number of primary amides is 1. The van der Waals surface area contributed by atoms with Crippen molar-refractivity contribution < 1.29 is 19.1 Å². The maximum absolute atomic E-state index is 12.1. The van der Waals surface area contributed by atoms with Crippen molar-refractivity contribution in [2.24, 2.45) is 5.73 Å². The Morgan fingerprint density at radius 1 is 1.12 bits per heavy atom. The first-order valence-corrected chi connectivity index (χ1v) is 7.42. The van der Waals surface area contributed by atoms with E-state index < -0.39 is 17.9 Å². The molecular formula is C18H20N2O4. The van der Waals surface area contributed by atoms with E-state index in [4.69, 9.17) is 15.2 Å². The van der Waals surface area contributed by atoms with E-state index >= 15 is 0 Å². The number of ether oxygens (including phenoxy) is 2. The van der Waals surface area contributed by atoms with Crippen molar-refractivity contribution in [2.75, 3.05) is 13.7 Å². The molecule has 0 aromatic heterocycles. The summed E-state index contributed by atoms with van der Waals surface area (Å²) in [5.41, 5.74) is 7.00. The van der Waals surface area contributed by atoms with Crippen LogP contribution >= 0.6 is 0 Å². The lowest BCUT2D eigenvalue weighted by atomic mass is 10.1.